The molecule has 1 aliphatic rings. The van der Waals surface area contributed by atoms with Crippen molar-refractivity contribution >= 4 is 23.3 Å². The lowest BCUT2D eigenvalue weighted by Gasteiger charge is -2.13. The molecule has 1 amide bonds. The molecular formula is C19H18N2O7. The smallest absolute Gasteiger partial charge is 0.306 e. The van der Waals surface area contributed by atoms with E-state index in [1.54, 1.807) is 12.1 Å². The fourth-order valence-electron chi connectivity index (χ4n) is 2.59. The molecule has 0 bridgehead atoms. The van der Waals surface area contributed by atoms with Crippen LogP contribution in [-0.2, 0) is 20.7 Å². The van der Waals surface area contributed by atoms with Crippen LogP contribution in [0.5, 0.6) is 11.5 Å². The number of nitro benzene ring substituents is 1. The van der Waals surface area contributed by atoms with Gasteiger partial charge in [0.2, 0.25) is 6.79 Å². The number of carbonyl (C=O) groups is 2. The largest absolute Gasteiger partial charge is 0.454 e. The highest BCUT2D eigenvalue weighted by molar-refractivity contribution is 5.95. The summed E-state index contributed by atoms with van der Waals surface area (Å²) < 4.78 is 15.7. The van der Waals surface area contributed by atoms with Crippen LogP contribution in [0.1, 0.15) is 18.9 Å². The number of amides is 1. The zero-order chi connectivity index (χ0) is 20.1. The third kappa shape index (κ3) is 4.76. The fraction of sp³-hybridized carbons (Fsp3) is 0.263. The van der Waals surface area contributed by atoms with Gasteiger partial charge in [0.1, 0.15) is 0 Å². The molecular weight excluding hydrogens is 368 g/mol. The lowest BCUT2D eigenvalue weighted by Crippen LogP contribution is -2.30. The first-order valence-electron chi connectivity index (χ1n) is 8.55. The zero-order valence-electron chi connectivity index (χ0n) is 15.0. The maximum atomic E-state index is 12.1. The van der Waals surface area contributed by atoms with Crippen LogP contribution in [0.4, 0.5) is 11.4 Å². The second-order valence-electron chi connectivity index (χ2n) is 6.12. The summed E-state index contributed by atoms with van der Waals surface area (Å²) in [7, 11) is 0. The van der Waals surface area contributed by atoms with Crippen LogP contribution in [0.2, 0.25) is 0 Å². The van der Waals surface area contributed by atoms with E-state index in [-0.39, 0.29) is 24.6 Å². The summed E-state index contributed by atoms with van der Waals surface area (Å²) in [5.41, 5.74) is 0.989. The van der Waals surface area contributed by atoms with Crippen molar-refractivity contribution in [3.05, 3.63) is 58.1 Å². The summed E-state index contributed by atoms with van der Waals surface area (Å²) in [6, 6.07) is 10.9. The number of nitro groups is 1. The predicted molar refractivity (Wildman–Crippen MR) is 98.2 cm³/mol. The minimum atomic E-state index is -1.04. The average Bonchev–Trinajstić information content (AvgIpc) is 3.14. The number of fused-ring (bicyclic) bond motifs is 1. The van der Waals surface area contributed by atoms with Crippen molar-refractivity contribution in [3.63, 3.8) is 0 Å². The first-order valence-corrected chi connectivity index (χ1v) is 8.55. The molecule has 1 aliphatic heterocycles. The lowest BCUT2D eigenvalue weighted by molar-refractivity contribution is -0.384. The van der Waals surface area contributed by atoms with Gasteiger partial charge < -0.3 is 19.5 Å². The van der Waals surface area contributed by atoms with Crippen LogP contribution in [-0.4, -0.2) is 29.7 Å². The van der Waals surface area contributed by atoms with Crippen LogP contribution in [0.15, 0.2) is 42.5 Å². The molecule has 1 unspecified atom stereocenters. The molecule has 28 heavy (non-hydrogen) atoms. The van der Waals surface area contributed by atoms with E-state index in [0.29, 0.717) is 17.9 Å². The number of non-ortho nitro benzene ring substituents is 1. The number of carbonyl (C=O) groups excluding carboxylic acids is 2. The van der Waals surface area contributed by atoms with Crippen LogP contribution in [0.3, 0.4) is 0 Å². The first kappa shape index (κ1) is 19.2. The first-order chi connectivity index (χ1) is 13.4. The molecule has 9 nitrogen and oxygen atoms in total. The Balaban J connectivity index is 1.48. The van der Waals surface area contributed by atoms with Gasteiger partial charge in [0, 0.05) is 24.2 Å². The Bertz CT molecular complexity index is 913. The number of hydrogen-bond donors (Lipinski definition) is 1. The zero-order valence-corrected chi connectivity index (χ0v) is 15.0. The van der Waals surface area contributed by atoms with Crippen LogP contribution in [0.25, 0.3) is 0 Å². The quantitative estimate of drug-likeness (QED) is 0.442. The molecule has 0 saturated carbocycles. The molecule has 2 aromatic rings. The Morgan fingerprint density at radius 1 is 1.21 bits per heavy atom. The SMILES string of the molecule is CC(OC(=O)CCc1ccc2c(c1)OCO2)C(=O)Nc1cccc([N+](=O)[O-])c1. The predicted octanol–water partition coefficient (Wildman–Crippen LogP) is 2.83. The summed E-state index contributed by atoms with van der Waals surface area (Å²) in [5.74, 6) is 0.199. The Kier molecular flexibility index (Phi) is 5.73. The normalized spacial score (nSPS) is 12.9. The minimum absolute atomic E-state index is 0.0913. The number of benzene rings is 2. The summed E-state index contributed by atoms with van der Waals surface area (Å²) in [5, 5.41) is 13.3. The number of rotatable bonds is 7. The second kappa shape index (κ2) is 8.38. The number of nitrogens with one attached hydrogen (secondary N) is 1. The molecule has 0 saturated heterocycles. The van der Waals surface area contributed by atoms with Gasteiger partial charge in [-0.3, -0.25) is 19.7 Å². The fourth-order valence-corrected chi connectivity index (χ4v) is 2.59. The van der Waals surface area contributed by atoms with Gasteiger partial charge >= 0.3 is 5.97 Å². The number of hydrogen-bond acceptors (Lipinski definition) is 7. The van der Waals surface area contributed by atoms with E-state index in [0.717, 1.165) is 5.56 Å². The molecule has 2 aromatic carbocycles. The van der Waals surface area contributed by atoms with E-state index in [1.807, 2.05) is 6.07 Å². The monoisotopic (exact) mass is 386 g/mol. The molecule has 146 valence electrons. The summed E-state index contributed by atoms with van der Waals surface area (Å²) in [4.78, 5) is 34.4. The molecule has 9 heteroatoms. The lowest BCUT2D eigenvalue weighted by atomic mass is 10.1. The van der Waals surface area contributed by atoms with Gasteiger partial charge in [-0.1, -0.05) is 12.1 Å². The highest BCUT2D eigenvalue weighted by Gasteiger charge is 2.19. The van der Waals surface area contributed by atoms with Gasteiger partial charge in [-0.25, -0.2) is 0 Å². The molecule has 0 fully saturated rings. The third-order valence-corrected chi connectivity index (χ3v) is 4.06. The summed E-state index contributed by atoms with van der Waals surface area (Å²) in [6.45, 7) is 1.61. The van der Waals surface area contributed by atoms with Crippen molar-refractivity contribution in [2.24, 2.45) is 0 Å². The van der Waals surface area contributed by atoms with Crippen molar-refractivity contribution in [3.8, 4) is 11.5 Å². The number of nitrogens with zero attached hydrogens (tertiary/aromatic N) is 1. The summed E-state index contributed by atoms with van der Waals surface area (Å²) in [6.07, 6.45) is -0.522. The highest BCUT2D eigenvalue weighted by Crippen LogP contribution is 2.32. The van der Waals surface area contributed by atoms with Crippen molar-refractivity contribution < 1.29 is 28.7 Å². The molecule has 1 atom stereocenters. The maximum absolute atomic E-state index is 12.1. The topological polar surface area (TPSA) is 117 Å². The van der Waals surface area contributed by atoms with E-state index in [2.05, 4.69) is 5.32 Å². The van der Waals surface area contributed by atoms with Crippen molar-refractivity contribution in [2.75, 3.05) is 12.1 Å². The molecule has 0 radical (unpaired) electrons. The number of esters is 1. The highest BCUT2D eigenvalue weighted by atomic mass is 16.7. The van der Waals surface area contributed by atoms with Crippen molar-refractivity contribution in [1.82, 2.24) is 0 Å². The molecule has 0 aliphatic carbocycles. The van der Waals surface area contributed by atoms with E-state index in [1.165, 1.54) is 31.2 Å². The van der Waals surface area contributed by atoms with Gasteiger partial charge in [0.25, 0.3) is 11.6 Å². The van der Waals surface area contributed by atoms with E-state index < -0.39 is 22.9 Å². The van der Waals surface area contributed by atoms with Gasteiger partial charge in [-0.2, -0.15) is 0 Å². The molecule has 1 N–H and O–H groups in total. The summed E-state index contributed by atoms with van der Waals surface area (Å²) >= 11 is 0. The van der Waals surface area contributed by atoms with Crippen molar-refractivity contribution in [2.45, 2.75) is 25.9 Å². The Morgan fingerprint density at radius 3 is 2.79 bits per heavy atom. The molecule has 0 spiro atoms. The van der Waals surface area contributed by atoms with Crippen molar-refractivity contribution in [1.29, 1.82) is 0 Å². The van der Waals surface area contributed by atoms with Gasteiger partial charge in [0.05, 0.1) is 4.92 Å². The van der Waals surface area contributed by atoms with E-state index >= 15 is 0 Å². The number of ether oxygens (including phenoxy) is 3. The number of aryl methyl sites for hydroxylation is 1. The third-order valence-electron chi connectivity index (χ3n) is 4.06. The van der Waals surface area contributed by atoms with E-state index in [9.17, 15) is 19.7 Å². The number of anilines is 1. The minimum Gasteiger partial charge on any atom is -0.454 e. The van der Waals surface area contributed by atoms with Gasteiger partial charge in [-0.15, -0.1) is 0 Å². The maximum Gasteiger partial charge on any atom is 0.306 e. The average molecular weight is 386 g/mol. The molecule has 0 aromatic heterocycles. The van der Waals surface area contributed by atoms with Gasteiger partial charge in [0.15, 0.2) is 17.6 Å². The Hall–Kier alpha value is -3.62. The van der Waals surface area contributed by atoms with Gasteiger partial charge in [-0.05, 0) is 37.1 Å². The van der Waals surface area contributed by atoms with E-state index in [4.69, 9.17) is 14.2 Å². The Labute approximate surface area is 160 Å². The molecule has 3 rings (SSSR count). The standard InChI is InChI=1S/C19H18N2O7/c1-12(19(23)20-14-3-2-4-15(10-14)21(24)25)28-18(22)8-6-13-5-7-16-17(9-13)27-11-26-16/h2-5,7,9-10,12H,6,8,11H2,1H3,(H,20,23). The van der Waals surface area contributed by atoms with Crippen LogP contribution in [0, 0.1) is 10.1 Å². The second-order valence-corrected chi connectivity index (χ2v) is 6.12. The van der Waals surface area contributed by atoms with Crippen LogP contribution >= 0.6 is 0 Å². The Morgan fingerprint density at radius 2 is 2.00 bits per heavy atom. The molecule has 1 heterocycles. The van der Waals surface area contributed by atoms with Crippen LogP contribution < -0.4 is 14.8 Å².